The molecule has 1 spiro atoms. The fraction of sp³-hybridized carbons (Fsp3) is 0.250. The van der Waals surface area contributed by atoms with E-state index in [0.29, 0.717) is 17.5 Å². The van der Waals surface area contributed by atoms with Crippen molar-refractivity contribution in [2.75, 3.05) is 7.11 Å². The third-order valence-electron chi connectivity index (χ3n) is 5.32. The summed E-state index contributed by atoms with van der Waals surface area (Å²) in [6, 6.07) is 14.5. The molecule has 1 atom stereocenters. The molecule has 2 aromatic carbocycles. The van der Waals surface area contributed by atoms with Gasteiger partial charge < -0.3 is 4.74 Å². The van der Waals surface area contributed by atoms with Crippen LogP contribution < -0.4 is 0 Å². The molecule has 4 heteroatoms. The van der Waals surface area contributed by atoms with Gasteiger partial charge in [-0.05, 0) is 17.5 Å². The number of hydrogen-bond donors (Lipinski definition) is 0. The topological polar surface area (TPSA) is 60.4 Å². The van der Waals surface area contributed by atoms with Crippen LogP contribution in [-0.4, -0.2) is 24.6 Å². The summed E-state index contributed by atoms with van der Waals surface area (Å²) >= 11 is 0. The molecule has 0 N–H and O–H groups in total. The molecule has 0 fully saturated rings. The van der Waals surface area contributed by atoms with Gasteiger partial charge in [0.25, 0.3) is 0 Å². The molecular weight excluding hydrogens is 304 g/mol. The highest BCUT2D eigenvalue weighted by molar-refractivity contribution is 6.30. The van der Waals surface area contributed by atoms with E-state index >= 15 is 0 Å². The van der Waals surface area contributed by atoms with Gasteiger partial charge in [0.1, 0.15) is 5.41 Å². The Hall–Kier alpha value is -2.75. The second kappa shape index (κ2) is 5.13. The van der Waals surface area contributed by atoms with Gasteiger partial charge in [-0.25, -0.2) is 0 Å². The number of hydrogen-bond acceptors (Lipinski definition) is 4. The molecule has 2 aromatic rings. The van der Waals surface area contributed by atoms with E-state index in [-0.39, 0.29) is 18.0 Å². The predicted octanol–water partition coefficient (Wildman–Crippen LogP) is 2.96. The van der Waals surface area contributed by atoms with Crippen molar-refractivity contribution in [3.8, 4) is 0 Å². The lowest BCUT2D eigenvalue weighted by Gasteiger charge is -2.27. The quantitative estimate of drug-likeness (QED) is 0.630. The first-order valence-electron chi connectivity index (χ1n) is 7.93. The van der Waals surface area contributed by atoms with Crippen LogP contribution in [0.2, 0.25) is 0 Å². The van der Waals surface area contributed by atoms with Crippen molar-refractivity contribution in [3.63, 3.8) is 0 Å². The number of rotatable bonds is 2. The normalized spacial score (nSPS) is 20.1. The Morgan fingerprint density at radius 1 is 1.04 bits per heavy atom. The van der Waals surface area contributed by atoms with Crippen molar-refractivity contribution >= 4 is 17.5 Å². The molecule has 2 aliphatic rings. The molecular formula is C20H16O4. The Morgan fingerprint density at radius 2 is 1.62 bits per heavy atom. The minimum atomic E-state index is -1.21. The predicted molar refractivity (Wildman–Crippen MR) is 87.1 cm³/mol. The van der Waals surface area contributed by atoms with Gasteiger partial charge in [0.05, 0.1) is 13.5 Å². The van der Waals surface area contributed by atoms with Crippen LogP contribution in [0.4, 0.5) is 0 Å². The van der Waals surface area contributed by atoms with Crippen LogP contribution in [0.25, 0.3) is 0 Å². The summed E-state index contributed by atoms with van der Waals surface area (Å²) in [5, 5.41) is 0. The van der Waals surface area contributed by atoms with Crippen LogP contribution in [0, 0.1) is 5.41 Å². The molecule has 1 unspecified atom stereocenters. The lowest BCUT2D eigenvalue weighted by molar-refractivity contribution is -0.141. The van der Waals surface area contributed by atoms with E-state index in [2.05, 4.69) is 0 Å². The van der Waals surface area contributed by atoms with E-state index in [0.717, 1.165) is 11.1 Å². The van der Waals surface area contributed by atoms with Gasteiger partial charge in [0.15, 0.2) is 11.6 Å². The molecule has 24 heavy (non-hydrogen) atoms. The summed E-state index contributed by atoms with van der Waals surface area (Å²) in [5.41, 5.74) is 1.58. The van der Waals surface area contributed by atoms with Crippen molar-refractivity contribution in [2.24, 2.45) is 5.41 Å². The second-order valence-corrected chi connectivity index (χ2v) is 6.38. The largest absolute Gasteiger partial charge is 0.469 e. The summed E-state index contributed by atoms with van der Waals surface area (Å²) in [5.74, 6) is -1.23. The maximum Gasteiger partial charge on any atom is 0.306 e. The third kappa shape index (κ3) is 1.77. The minimum Gasteiger partial charge on any atom is -0.469 e. The van der Waals surface area contributed by atoms with Gasteiger partial charge >= 0.3 is 5.97 Å². The molecule has 4 rings (SSSR count). The summed E-state index contributed by atoms with van der Waals surface area (Å²) in [6.45, 7) is 0. The first-order valence-corrected chi connectivity index (χ1v) is 7.93. The number of ether oxygens (including phenoxy) is 1. The standard InChI is InChI=1S/C20H16O4/c1-24-17(21)10-16-13-7-3-2-6-12(13)11-20(16)18(22)14-8-4-5-9-15(14)19(20)23/h2-9,16H,10-11H2,1H3. The summed E-state index contributed by atoms with van der Waals surface area (Å²) in [4.78, 5) is 38.4. The highest BCUT2D eigenvalue weighted by Gasteiger charge is 2.61. The van der Waals surface area contributed by atoms with Crippen molar-refractivity contribution in [1.29, 1.82) is 0 Å². The number of benzene rings is 2. The van der Waals surface area contributed by atoms with Gasteiger partial charge in [0, 0.05) is 17.0 Å². The van der Waals surface area contributed by atoms with Crippen molar-refractivity contribution < 1.29 is 19.1 Å². The summed E-state index contributed by atoms with van der Waals surface area (Å²) < 4.78 is 4.82. The Morgan fingerprint density at radius 3 is 2.25 bits per heavy atom. The lowest BCUT2D eigenvalue weighted by atomic mass is 9.70. The van der Waals surface area contributed by atoms with Crippen LogP contribution in [0.15, 0.2) is 48.5 Å². The molecule has 0 saturated carbocycles. The molecule has 0 heterocycles. The van der Waals surface area contributed by atoms with E-state index in [1.165, 1.54) is 7.11 Å². The fourth-order valence-electron chi connectivity index (χ4n) is 4.20. The summed E-state index contributed by atoms with van der Waals surface area (Å²) in [6.07, 6.45) is 0.371. The zero-order valence-corrected chi connectivity index (χ0v) is 13.2. The number of Topliss-reactive ketones (excluding diaryl/α,β-unsaturated/α-hetero) is 2. The second-order valence-electron chi connectivity index (χ2n) is 6.38. The van der Waals surface area contributed by atoms with Crippen LogP contribution in [0.3, 0.4) is 0 Å². The summed E-state index contributed by atoms with van der Waals surface area (Å²) in [7, 11) is 1.32. The maximum absolute atomic E-state index is 13.2. The molecule has 0 amide bonds. The zero-order chi connectivity index (χ0) is 16.9. The van der Waals surface area contributed by atoms with E-state index in [9.17, 15) is 14.4 Å². The van der Waals surface area contributed by atoms with Gasteiger partial charge in [-0.2, -0.15) is 0 Å². The van der Waals surface area contributed by atoms with Gasteiger partial charge in [-0.1, -0.05) is 48.5 Å². The van der Waals surface area contributed by atoms with Crippen molar-refractivity contribution in [1.82, 2.24) is 0 Å². The van der Waals surface area contributed by atoms with E-state index in [1.54, 1.807) is 24.3 Å². The average Bonchev–Trinajstić information content (AvgIpc) is 3.05. The molecule has 0 bridgehead atoms. The fourth-order valence-corrected chi connectivity index (χ4v) is 4.20. The Bertz CT molecular complexity index is 846. The molecule has 0 saturated heterocycles. The van der Waals surface area contributed by atoms with Crippen LogP contribution in [-0.2, 0) is 16.0 Å². The highest BCUT2D eigenvalue weighted by Crippen LogP contribution is 2.55. The molecule has 120 valence electrons. The Balaban J connectivity index is 1.90. The number of carbonyl (C=O) groups is 3. The lowest BCUT2D eigenvalue weighted by Crippen LogP contribution is -2.38. The van der Waals surface area contributed by atoms with Crippen LogP contribution in [0.1, 0.15) is 44.2 Å². The SMILES string of the molecule is COC(=O)CC1c2ccccc2CC12C(=O)c1ccccc1C2=O. The number of methoxy groups -OCH3 is 1. The number of esters is 1. The van der Waals surface area contributed by atoms with Gasteiger partial charge in [-0.3, -0.25) is 14.4 Å². The van der Waals surface area contributed by atoms with Crippen molar-refractivity contribution in [2.45, 2.75) is 18.8 Å². The third-order valence-corrected chi connectivity index (χ3v) is 5.32. The smallest absolute Gasteiger partial charge is 0.306 e. The minimum absolute atomic E-state index is 0.0268. The van der Waals surface area contributed by atoms with Crippen molar-refractivity contribution in [3.05, 3.63) is 70.8 Å². The maximum atomic E-state index is 13.2. The first kappa shape index (κ1) is 14.8. The van der Waals surface area contributed by atoms with Crippen LogP contribution >= 0.6 is 0 Å². The highest BCUT2D eigenvalue weighted by atomic mass is 16.5. The molecule has 2 aliphatic carbocycles. The zero-order valence-electron chi connectivity index (χ0n) is 13.2. The molecule has 4 nitrogen and oxygen atoms in total. The van der Waals surface area contributed by atoms with E-state index in [4.69, 9.17) is 4.74 Å². The number of ketones is 2. The molecule has 0 radical (unpaired) electrons. The first-order chi connectivity index (χ1) is 11.6. The van der Waals surface area contributed by atoms with E-state index in [1.807, 2.05) is 24.3 Å². The van der Waals surface area contributed by atoms with Gasteiger partial charge in [-0.15, -0.1) is 0 Å². The van der Waals surface area contributed by atoms with E-state index < -0.39 is 17.3 Å². The average molecular weight is 320 g/mol. The molecule has 0 aromatic heterocycles. The Labute approximate surface area is 139 Å². The van der Waals surface area contributed by atoms with Crippen LogP contribution in [0.5, 0.6) is 0 Å². The number of carbonyl (C=O) groups excluding carboxylic acids is 3. The monoisotopic (exact) mass is 320 g/mol. The van der Waals surface area contributed by atoms with Gasteiger partial charge in [0.2, 0.25) is 0 Å². The molecule has 0 aliphatic heterocycles. The Kier molecular flexibility index (Phi) is 3.17. The number of fused-ring (bicyclic) bond motifs is 2.